The SMILES string of the molecule is CS(=O)(=O)c1cc(C(=O)Nc2ccc(N3C(=O)CCCC3=O)cc2)cc([N+](=O)[O-])c1. The standard InChI is InChI=1S/C19H17N3O7S/c1-30(28,29)16-10-12(9-15(11-16)22(26)27)19(25)20-13-5-7-14(8-6-13)21-17(23)3-2-4-18(21)24/h5-11H,2-4H2,1H3,(H,20,25). The first-order valence-electron chi connectivity index (χ1n) is 8.83. The molecule has 0 unspecified atom stereocenters. The Labute approximate surface area is 171 Å². The van der Waals surface area contributed by atoms with Crippen molar-refractivity contribution in [3.63, 3.8) is 0 Å². The van der Waals surface area contributed by atoms with Crippen LogP contribution in [0.3, 0.4) is 0 Å². The number of hydrogen-bond acceptors (Lipinski definition) is 7. The van der Waals surface area contributed by atoms with E-state index in [4.69, 9.17) is 0 Å². The number of benzene rings is 2. The molecule has 156 valence electrons. The third-order valence-electron chi connectivity index (χ3n) is 4.46. The van der Waals surface area contributed by atoms with Crippen LogP contribution in [-0.2, 0) is 19.4 Å². The summed E-state index contributed by atoms with van der Waals surface area (Å²) in [5, 5.41) is 13.6. The number of nitro groups is 1. The maximum atomic E-state index is 12.5. The number of anilines is 2. The molecule has 30 heavy (non-hydrogen) atoms. The van der Waals surface area contributed by atoms with Crippen molar-refractivity contribution >= 4 is 44.6 Å². The number of imide groups is 1. The molecule has 1 heterocycles. The second-order valence-corrected chi connectivity index (χ2v) is 8.74. The van der Waals surface area contributed by atoms with Crippen molar-refractivity contribution in [1.29, 1.82) is 0 Å². The molecule has 3 amide bonds. The summed E-state index contributed by atoms with van der Waals surface area (Å²) >= 11 is 0. The minimum absolute atomic E-state index is 0.199. The molecule has 0 atom stereocenters. The first-order chi connectivity index (χ1) is 14.1. The average molecular weight is 431 g/mol. The normalized spacial score (nSPS) is 14.5. The summed E-state index contributed by atoms with van der Waals surface area (Å²) in [7, 11) is -3.77. The fourth-order valence-corrected chi connectivity index (χ4v) is 3.65. The van der Waals surface area contributed by atoms with Crippen LogP contribution in [-0.4, -0.2) is 37.3 Å². The van der Waals surface area contributed by atoms with Crippen LogP contribution >= 0.6 is 0 Å². The van der Waals surface area contributed by atoms with Gasteiger partial charge in [-0.15, -0.1) is 0 Å². The number of rotatable bonds is 5. The molecule has 1 fully saturated rings. The van der Waals surface area contributed by atoms with Crippen molar-refractivity contribution < 1.29 is 27.7 Å². The Morgan fingerprint density at radius 1 is 1.07 bits per heavy atom. The minimum atomic E-state index is -3.77. The third kappa shape index (κ3) is 4.51. The fourth-order valence-electron chi connectivity index (χ4n) is 2.97. The average Bonchev–Trinajstić information content (AvgIpc) is 2.68. The van der Waals surface area contributed by atoms with Gasteiger partial charge in [-0.05, 0) is 36.8 Å². The van der Waals surface area contributed by atoms with Gasteiger partial charge in [-0.25, -0.2) is 8.42 Å². The maximum Gasteiger partial charge on any atom is 0.271 e. The van der Waals surface area contributed by atoms with Gasteiger partial charge in [-0.3, -0.25) is 29.4 Å². The zero-order chi connectivity index (χ0) is 22.1. The van der Waals surface area contributed by atoms with E-state index in [1.54, 1.807) is 0 Å². The molecule has 1 N–H and O–H groups in total. The summed E-state index contributed by atoms with van der Waals surface area (Å²) in [5.74, 6) is -1.35. The van der Waals surface area contributed by atoms with E-state index < -0.39 is 26.4 Å². The summed E-state index contributed by atoms with van der Waals surface area (Å²) in [6.07, 6.45) is 1.95. The first kappa shape index (κ1) is 21.1. The maximum absolute atomic E-state index is 12.5. The summed E-state index contributed by atoms with van der Waals surface area (Å²) < 4.78 is 23.5. The quantitative estimate of drug-likeness (QED) is 0.434. The van der Waals surface area contributed by atoms with E-state index in [-0.39, 0.29) is 35.1 Å². The predicted octanol–water partition coefficient (Wildman–Crippen LogP) is 2.29. The van der Waals surface area contributed by atoms with E-state index in [9.17, 15) is 32.9 Å². The van der Waals surface area contributed by atoms with Crippen molar-refractivity contribution in [3.8, 4) is 0 Å². The summed E-state index contributed by atoms with van der Waals surface area (Å²) in [5.41, 5.74) is -0.0545. The topological polar surface area (TPSA) is 144 Å². The number of amides is 3. The van der Waals surface area contributed by atoms with Crippen molar-refractivity contribution in [2.45, 2.75) is 24.2 Å². The van der Waals surface area contributed by atoms with Gasteiger partial charge in [0.2, 0.25) is 11.8 Å². The van der Waals surface area contributed by atoms with Gasteiger partial charge in [-0.1, -0.05) is 0 Å². The van der Waals surface area contributed by atoms with Crippen molar-refractivity contribution in [2.75, 3.05) is 16.5 Å². The molecule has 0 aliphatic carbocycles. The number of nitrogens with one attached hydrogen (secondary N) is 1. The number of sulfone groups is 1. The molecule has 0 spiro atoms. The number of non-ortho nitro benzene ring substituents is 1. The molecule has 11 heteroatoms. The Morgan fingerprint density at radius 3 is 2.20 bits per heavy atom. The van der Waals surface area contributed by atoms with E-state index >= 15 is 0 Å². The number of carbonyl (C=O) groups is 3. The van der Waals surface area contributed by atoms with E-state index in [1.807, 2.05) is 0 Å². The summed E-state index contributed by atoms with van der Waals surface area (Å²) in [6.45, 7) is 0. The van der Waals surface area contributed by atoms with E-state index in [0.29, 0.717) is 17.8 Å². The highest BCUT2D eigenvalue weighted by molar-refractivity contribution is 7.90. The predicted molar refractivity (Wildman–Crippen MR) is 107 cm³/mol. The highest BCUT2D eigenvalue weighted by Gasteiger charge is 2.27. The molecule has 0 saturated carbocycles. The fraction of sp³-hybridized carbons (Fsp3) is 0.211. The Balaban J connectivity index is 1.84. The molecule has 1 saturated heterocycles. The molecule has 10 nitrogen and oxygen atoms in total. The van der Waals surface area contributed by atoms with Crippen LogP contribution in [0, 0.1) is 10.1 Å². The highest BCUT2D eigenvalue weighted by Crippen LogP contribution is 2.25. The van der Waals surface area contributed by atoms with Gasteiger partial charge in [-0.2, -0.15) is 0 Å². The van der Waals surface area contributed by atoms with Crippen LogP contribution in [0.2, 0.25) is 0 Å². The number of piperidine rings is 1. The van der Waals surface area contributed by atoms with Gasteiger partial charge in [0.25, 0.3) is 11.6 Å². The Morgan fingerprint density at radius 2 is 1.67 bits per heavy atom. The van der Waals surface area contributed by atoms with E-state index in [1.165, 1.54) is 24.3 Å². The second kappa shape index (κ2) is 8.03. The van der Waals surface area contributed by atoms with Crippen LogP contribution in [0.1, 0.15) is 29.6 Å². The van der Waals surface area contributed by atoms with Crippen molar-refractivity contribution in [2.24, 2.45) is 0 Å². The number of carbonyl (C=O) groups excluding carboxylic acids is 3. The monoisotopic (exact) mass is 431 g/mol. The van der Waals surface area contributed by atoms with Gasteiger partial charge in [0, 0.05) is 42.5 Å². The van der Waals surface area contributed by atoms with Crippen LogP contribution in [0.5, 0.6) is 0 Å². The minimum Gasteiger partial charge on any atom is -0.322 e. The summed E-state index contributed by atoms with van der Waals surface area (Å²) in [4.78, 5) is 47.5. The lowest BCUT2D eigenvalue weighted by Gasteiger charge is -2.24. The molecular weight excluding hydrogens is 414 g/mol. The van der Waals surface area contributed by atoms with Gasteiger partial charge in [0.1, 0.15) is 0 Å². The smallest absolute Gasteiger partial charge is 0.271 e. The van der Waals surface area contributed by atoms with Gasteiger partial charge in [0.15, 0.2) is 9.84 Å². The molecule has 2 aromatic carbocycles. The molecule has 0 bridgehead atoms. The summed E-state index contributed by atoms with van der Waals surface area (Å²) in [6, 6.07) is 8.83. The molecule has 1 aliphatic rings. The molecular formula is C19H17N3O7S. The van der Waals surface area contributed by atoms with Crippen LogP contribution in [0.15, 0.2) is 47.4 Å². The van der Waals surface area contributed by atoms with E-state index in [0.717, 1.165) is 29.4 Å². The number of nitrogens with zero attached hydrogens (tertiary/aromatic N) is 2. The molecule has 0 aromatic heterocycles. The Bertz CT molecular complexity index is 1140. The first-order valence-corrected chi connectivity index (χ1v) is 10.7. The zero-order valence-electron chi connectivity index (χ0n) is 15.8. The van der Waals surface area contributed by atoms with Gasteiger partial charge in [0.05, 0.1) is 15.5 Å². The van der Waals surface area contributed by atoms with Crippen LogP contribution in [0.4, 0.5) is 17.1 Å². The Hall–Kier alpha value is -3.60. The number of hydrogen-bond donors (Lipinski definition) is 1. The highest BCUT2D eigenvalue weighted by atomic mass is 32.2. The molecule has 0 radical (unpaired) electrons. The van der Waals surface area contributed by atoms with Gasteiger partial charge < -0.3 is 5.32 Å². The molecule has 3 rings (SSSR count). The lowest BCUT2D eigenvalue weighted by Crippen LogP contribution is -2.40. The third-order valence-corrected chi connectivity index (χ3v) is 5.55. The lowest BCUT2D eigenvalue weighted by molar-refractivity contribution is -0.385. The Kier molecular flexibility index (Phi) is 5.65. The van der Waals surface area contributed by atoms with Gasteiger partial charge >= 0.3 is 0 Å². The van der Waals surface area contributed by atoms with E-state index in [2.05, 4.69) is 5.32 Å². The van der Waals surface area contributed by atoms with Crippen molar-refractivity contribution in [3.05, 3.63) is 58.1 Å². The van der Waals surface area contributed by atoms with Crippen LogP contribution in [0.25, 0.3) is 0 Å². The molecule has 1 aliphatic heterocycles. The van der Waals surface area contributed by atoms with Crippen molar-refractivity contribution in [1.82, 2.24) is 0 Å². The second-order valence-electron chi connectivity index (χ2n) is 6.72. The van der Waals surface area contributed by atoms with Crippen LogP contribution < -0.4 is 10.2 Å². The lowest BCUT2D eigenvalue weighted by atomic mass is 10.1. The molecule has 2 aromatic rings. The zero-order valence-corrected chi connectivity index (χ0v) is 16.6. The number of nitro benzene ring substituents is 1. The largest absolute Gasteiger partial charge is 0.322 e.